The summed E-state index contributed by atoms with van der Waals surface area (Å²) in [5, 5.41) is 11.8. The van der Waals surface area contributed by atoms with Crippen molar-refractivity contribution in [1.82, 2.24) is 9.97 Å². The molecule has 0 aliphatic heterocycles. The fourth-order valence-electron chi connectivity index (χ4n) is 1.77. The van der Waals surface area contributed by atoms with Gasteiger partial charge < -0.3 is 15.2 Å². The lowest BCUT2D eigenvalue weighted by Crippen LogP contribution is -2.07. The molecule has 0 saturated carbocycles. The standard InChI is InChI=1S/C13H23N3O2/c1-3-7-11-12(14-2)15-10-16-13(11)18-9-6-4-5-8-17/h10,17H,3-9H2,1-2H3,(H,14,15,16). The maximum Gasteiger partial charge on any atom is 0.221 e. The summed E-state index contributed by atoms with van der Waals surface area (Å²) < 4.78 is 5.71. The third kappa shape index (κ3) is 4.49. The van der Waals surface area contributed by atoms with Gasteiger partial charge in [-0.15, -0.1) is 0 Å². The Bertz CT molecular complexity index is 345. The first-order valence-electron chi connectivity index (χ1n) is 6.58. The zero-order chi connectivity index (χ0) is 13.2. The number of rotatable bonds is 9. The first-order chi connectivity index (χ1) is 8.83. The van der Waals surface area contributed by atoms with Crippen LogP contribution in [-0.4, -0.2) is 35.3 Å². The average molecular weight is 253 g/mol. The van der Waals surface area contributed by atoms with Crippen molar-refractivity contribution in [3.8, 4) is 5.88 Å². The molecule has 5 nitrogen and oxygen atoms in total. The molecule has 1 aromatic heterocycles. The van der Waals surface area contributed by atoms with Crippen LogP contribution in [0.5, 0.6) is 5.88 Å². The molecule has 18 heavy (non-hydrogen) atoms. The number of aliphatic hydroxyl groups excluding tert-OH is 1. The van der Waals surface area contributed by atoms with Gasteiger partial charge in [0.25, 0.3) is 0 Å². The van der Waals surface area contributed by atoms with Crippen molar-refractivity contribution in [2.24, 2.45) is 0 Å². The van der Waals surface area contributed by atoms with E-state index in [0.717, 1.165) is 43.5 Å². The van der Waals surface area contributed by atoms with Gasteiger partial charge in [-0.25, -0.2) is 9.97 Å². The van der Waals surface area contributed by atoms with Crippen LogP contribution in [0.1, 0.15) is 38.2 Å². The minimum atomic E-state index is 0.249. The van der Waals surface area contributed by atoms with E-state index in [1.54, 1.807) is 0 Å². The largest absolute Gasteiger partial charge is 0.477 e. The lowest BCUT2D eigenvalue weighted by molar-refractivity contribution is 0.261. The second kappa shape index (κ2) is 8.69. The van der Waals surface area contributed by atoms with Crippen molar-refractivity contribution < 1.29 is 9.84 Å². The summed E-state index contributed by atoms with van der Waals surface area (Å²) in [5.74, 6) is 1.53. The van der Waals surface area contributed by atoms with Gasteiger partial charge in [-0.3, -0.25) is 0 Å². The van der Waals surface area contributed by atoms with Gasteiger partial charge in [0.05, 0.1) is 12.2 Å². The Morgan fingerprint density at radius 3 is 2.78 bits per heavy atom. The second-order valence-electron chi connectivity index (χ2n) is 4.14. The minimum Gasteiger partial charge on any atom is -0.477 e. The summed E-state index contributed by atoms with van der Waals surface area (Å²) in [5.41, 5.74) is 1.05. The fourth-order valence-corrected chi connectivity index (χ4v) is 1.77. The highest BCUT2D eigenvalue weighted by Crippen LogP contribution is 2.23. The second-order valence-corrected chi connectivity index (χ2v) is 4.14. The molecule has 0 radical (unpaired) electrons. The topological polar surface area (TPSA) is 67.3 Å². The molecule has 0 saturated heterocycles. The fraction of sp³-hybridized carbons (Fsp3) is 0.692. The molecular weight excluding hydrogens is 230 g/mol. The quantitative estimate of drug-likeness (QED) is 0.659. The molecule has 0 spiro atoms. The maximum atomic E-state index is 8.70. The third-order valence-corrected chi connectivity index (χ3v) is 2.68. The van der Waals surface area contributed by atoms with E-state index in [2.05, 4.69) is 22.2 Å². The van der Waals surface area contributed by atoms with Crippen LogP contribution in [0, 0.1) is 0 Å². The van der Waals surface area contributed by atoms with E-state index in [9.17, 15) is 0 Å². The van der Waals surface area contributed by atoms with Gasteiger partial charge in [-0.1, -0.05) is 13.3 Å². The Balaban J connectivity index is 2.57. The summed E-state index contributed by atoms with van der Waals surface area (Å²) >= 11 is 0. The van der Waals surface area contributed by atoms with Crippen LogP contribution in [0.25, 0.3) is 0 Å². The van der Waals surface area contributed by atoms with Crippen LogP contribution in [0.15, 0.2) is 6.33 Å². The van der Waals surface area contributed by atoms with Crippen LogP contribution in [0.4, 0.5) is 5.82 Å². The number of ether oxygens (including phenoxy) is 1. The molecule has 0 unspecified atom stereocenters. The van der Waals surface area contributed by atoms with Crippen molar-refractivity contribution in [1.29, 1.82) is 0 Å². The molecule has 102 valence electrons. The number of aliphatic hydroxyl groups is 1. The van der Waals surface area contributed by atoms with E-state index < -0.39 is 0 Å². The number of nitrogens with one attached hydrogen (secondary N) is 1. The Hall–Kier alpha value is -1.36. The number of hydrogen-bond donors (Lipinski definition) is 2. The summed E-state index contributed by atoms with van der Waals surface area (Å²) in [6.45, 7) is 3.01. The van der Waals surface area contributed by atoms with Crippen molar-refractivity contribution in [3.05, 3.63) is 11.9 Å². The molecule has 0 aliphatic carbocycles. The van der Waals surface area contributed by atoms with Gasteiger partial charge in [0.15, 0.2) is 0 Å². The number of nitrogens with zero attached hydrogens (tertiary/aromatic N) is 2. The SMILES string of the molecule is CCCc1c(NC)ncnc1OCCCCCO. The van der Waals surface area contributed by atoms with Crippen molar-refractivity contribution in [2.75, 3.05) is 25.6 Å². The van der Waals surface area contributed by atoms with Crippen LogP contribution in [0.2, 0.25) is 0 Å². The number of anilines is 1. The summed E-state index contributed by atoms with van der Waals surface area (Å²) in [6.07, 6.45) is 6.20. The van der Waals surface area contributed by atoms with Crippen molar-refractivity contribution >= 4 is 5.82 Å². The number of hydrogen-bond acceptors (Lipinski definition) is 5. The highest BCUT2D eigenvalue weighted by molar-refractivity contribution is 5.48. The van der Waals surface area contributed by atoms with Crippen molar-refractivity contribution in [3.63, 3.8) is 0 Å². The predicted molar refractivity (Wildman–Crippen MR) is 72.0 cm³/mol. The van der Waals surface area contributed by atoms with Gasteiger partial charge in [0.2, 0.25) is 5.88 Å². The molecule has 1 heterocycles. The van der Waals surface area contributed by atoms with E-state index in [-0.39, 0.29) is 6.61 Å². The van der Waals surface area contributed by atoms with Gasteiger partial charge in [0, 0.05) is 13.7 Å². The highest BCUT2D eigenvalue weighted by Gasteiger charge is 2.10. The average Bonchev–Trinajstić information content (AvgIpc) is 2.40. The first kappa shape index (κ1) is 14.7. The molecular formula is C13H23N3O2. The third-order valence-electron chi connectivity index (χ3n) is 2.68. The van der Waals surface area contributed by atoms with Crippen LogP contribution >= 0.6 is 0 Å². The predicted octanol–water partition coefficient (Wildman–Crippen LogP) is 2.01. The van der Waals surface area contributed by atoms with Crippen LogP contribution in [-0.2, 0) is 6.42 Å². The molecule has 0 atom stereocenters. The Morgan fingerprint density at radius 1 is 1.28 bits per heavy atom. The van der Waals surface area contributed by atoms with E-state index in [1.807, 2.05) is 7.05 Å². The lowest BCUT2D eigenvalue weighted by atomic mass is 10.1. The molecule has 0 fully saturated rings. The van der Waals surface area contributed by atoms with Crippen LogP contribution in [0.3, 0.4) is 0 Å². The van der Waals surface area contributed by atoms with E-state index in [4.69, 9.17) is 9.84 Å². The van der Waals surface area contributed by atoms with Crippen molar-refractivity contribution in [2.45, 2.75) is 39.0 Å². The molecule has 0 bridgehead atoms. The molecule has 2 N–H and O–H groups in total. The monoisotopic (exact) mass is 253 g/mol. The number of unbranched alkanes of at least 4 members (excludes halogenated alkanes) is 2. The molecule has 1 rings (SSSR count). The van der Waals surface area contributed by atoms with Gasteiger partial charge in [-0.05, 0) is 25.7 Å². The van der Waals surface area contributed by atoms with E-state index in [1.165, 1.54) is 6.33 Å². The van der Waals surface area contributed by atoms with Crippen LogP contribution < -0.4 is 10.1 Å². The molecule has 0 amide bonds. The Kier molecular flexibility index (Phi) is 7.10. The zero-order valence-electron chi connectivity index (χ0n) is 11.3. The molecule has 5 heteroatoms. The number of aromatic nitrogens is 2. The maximum absolute atomic E-state index is 8.70. The summed E-state index contributed by atoms with van der Waals surface area (Å²) in [7, 11) is 1.85. The van der Waals surface area contributed by atoms with Gasteiger partial charge >= 0.3 is 0 Å². The Morgan fingerprint density at radius 2 is 2.11 bits per heavy atom. The highest BCUT2D eigenvalue weighted by atomic mass is 16.5. The summed E-state index contributed by atoms with van der Waals surface area (Å²) in [4.78, 5) is 8.40. The molecule has 1 aromatic rings. The molecule has 0 aliphatic rings. The van der Waals surface area contributed by atoms with E-state index in [0.29, 0.717) is 12.5 Å². The minimum absolute atomic E-state index is 0.249. The summed E-state index contributed by atoms with van der Waals surface area (Å²) in [6, 6.07) is 0. The first-order valence-corrected chi connectivity index (χ1v) is 6.58. The van der Waals surface area contributed by atoms with Gasteiger partial charge in [-0.2, -0.15) is 0 Å². The smallest absolute Gasteiger partial charge is 0.221 e. The van der Waals surface area contributed by atoms with E-state index >= 15 is 0 Å². The Labute approximate surface area is 109 Å². The normalized spacial score (nSPS) is 10.4. The molecule has 0 aromatic carbocycles. The zero-order valence-corrected chi connectivity index (χ0v) is 11.3. The lowest BCUT2D eigenvalue weighted by Gasteiger charge is -2.12. The van der Waals surface area contributed by atoms with Gasteiger partial charge in [0.1, 0.15) is 12.1 Å².